The van der Waals surface area contributed by atoms with Gasteiger partial charge in [0.2, 0.25) is 5.91 Å². The van der Waals surface area contributed by atoms with E-state index < -0.39 is 11.2 Å². The van der Waals surface area contributed by atoms with Gasteiger partial charge in [-0.15, -0.1) is 11.8 Å². The van der Waals surface area contributed by atoms with Crippen molar-refractivity contribution in [2.75, 3.05) is 10.6 Å². The van der Waals surface area contributed by atoms with E-state index in [1.165, 1.54) is 30.0 Å². The molecule has 8 heteroatoms. The molecule has 37 heavy (non-hydrogen) atoms. The Balaban J connectivity index is 1.58. The van der Waals surface area contributed by atoms with Crippen molar-refractivity contribution in [2.45, 2.75) is 17.1 Å². The quantitative estimate of drug-likeness (QED) is 0.212. The second-order valence-corrected chi connectivity index (χ2v) is 9.78. The van der Waals surface area contributed by atoms with Gasteiger partial charge in [-0.2, -0.15) is 0 Å². The Morgan fingerprint density at radius 1 is 0.838 bits per heavy atom. The number of carbonyl (C=O) groups is 3. The first-order chi connectivity index (χ1) is 17.8. The molecule has 0 fully saturated rings. The van der Waals surface area contributed by atoms with Crippen LogP contribution >= 0.6 is 23.4 Å². The lowest BCUT2D eigenvalue weighted by Gasteiger charge is -2.18. The Morgan fingerprint density at radius 2 is 1.57 bits per heavy atom. The summed E-state index contributed by atoms with van der Waals surface area (Å²) in [6.45, 7) is 1.88. The van der Waals surface area contributed by atoms with Gasteiger partial charge in [0.05, 0.1) is 16.3 Å². The van der Waals surface area contributed by atoms with Gasteiger partial charge in [-0.05, 0) is 60.5 Å². The summed E-state index contributed by atoms with van der Waals surface area (Å²) in [6.07, 6.45) is 0. The first-order valence-electron chi connectivity index (χ1n) is 11.3. The first-order valence-corrected chi connectivity index (χ1v) is 12.6. The second-order valence-electron chi connectivity index (χ2n) is 8.19. The molecule has 0 radical (unpaired) electrons. The fraction of sp³-hybridized carbons (Fsp3) is 0.0690. The number of hydrogen-bond donors (Lipinski definition) is 3. The molecule has 0 aliphatic carbocycles. The Kier molecular flexibility index (Phi) is 8.28. The highest BCUT2D eigenvalue weighted by Crippen LogP contribution is 2.38. The standard InChI is InChI=1S/C29H23ClN2O4S/c1-18-8-5-6-13-23(18)27(33)31-21-11-7-12-22(17-21)37-26(19-9-3-2-4-10-19)28(34)32-25-16-20(29(35)36)14-15-24(25)30/h2-17,26H,1H3,(H,31,33)(H,32,34)(H,35,36). The summed E-state index contributed by atoms with van der Waals surface area (Å²) in [4.78, 5) is 38.3. The summed E-state index contributed by atoms with van der Waals surface area (Å²) in [5.41, 5.74) is 3.04. The van der Waals surface area contributed by atoms with Crippen molar-refractivity contribution in [3.8, 4) is 0 Å². The molecule has 1 unspecified atom stereocenters. The smallest absolute Gasteiger partial charge is 0.335 e. The zero-order valence-corrected chi connectivity index (χ0v) is 21.3. The summed E-state index contributed by atoms with van der Waals surface area (Å²) >= 11 is 7.54. The Labute approximate surface area is 223 Å². The Bertz CT molecular complexity index is 1460. The first kappa shape index (κ1) is 26.0. The van der Waals surface area contributed by atoms with Gasteiger partial charge in [-0.1, -0.05) is 66.2 Å². The zero-order valence-electron chi connectivity index (χ0n) is 19.8. The lowest BCUT2D eigenvalue weighted by atomic mass is 10.1. The fourth-order valence-corrected chi connectivity index (χ4v) is 4.91. The molecule has 4 aromatic rings. The number of nitrogens with one attached hydrogen (secondary N) is 2. The maximum atomic E-state index is 13.4. The van der Waals surface area contributed by atoms with Crippen LogP contribution in [0.2, 0.25) is 5.02 Å². The number of aryl methyl sites for hydroxylation is 1. The number of benzene rings is 4. The number of thioether (sulfide) groups is 1. The van der Waals surface area contributed by atoms with Crippen LogP contribution in [0.1, 0.15) is 37.1 Å². The molecule has 3 N–H and O–H groups in total. The summed E-state index contributed by atoms with van der Waals surface area (Å²) in [7, 11) is 0. The normalized spacial score (nSPS) is 11.4. The molecule has 4 rings (SSSR count). The molecule has 6 nitrogen and oxygen atoms in total. The van der Waals surface area contributed by atoms with Crippen LogP contribution in [0.4, 0.5) is 11.4 Å². The van der Waals surface area contributed by atoms with E-state index in [2.05, 4.69) is 10.6 Å². The number of carboxylic acids is 1. The predicted octanol–water partition coefficient (Wildman–Crippen LogP) is 7.07. The van der Waals surface area contributed by atoms with Crippen molar-refractivity contribution in [1.82, 2.24) is 0 Å². The summed E-state index contributed by atoms with van der Waals surface area (Å²) < 4.78 is 0. The Morgan fingerprint density at radius 3 is 2.30 bits per heavy atom. The van der Waals surface area contributed by atoms with Crippen LogP contribution in [0.15, 0.2) is 102 Å². The van der Waals surface area contributed by atoms with E-state index in [1.54, 1.807) is 12.1 Å². The van der Waals surface area contributed by atoms with Crippen molar-refractivity contribution < 1.29 is 19.5 Å². The minimum Gasteiger partial charge on any atom is -0.478 e. The fourth-order valence-electron chi connectivity index (χ4n) is 3.66. The third kappa shape index (κ3) is 6.58. The van der Waals surface area contributed by atoms with Crippen LogP contribution in [-0.4, -0.2) is 22.9 Å². The summed E-state index contributed by atoms with van der Waals surface area (Å²) in [5.74, 6) is -1.70. The van der Waals surface area contributed by atoms with Crippen molar-refractivity contribution in [3.63, 3.8) is 0 Å². The number of halogens is 1. The van der Waals surface area contributed by atoms with Crippen LogP contribution in [0.5, 0.6) is 0 Å². The Hall–Kier alpha value is -4.07. The van der Waals surface area contributed by atoms with Crippen molar-refractivity contribution in [2.24, 2.45) is 0 Å². The van der Waals surface area contributed by atoms with Gasteiger partial charge in [-0.25, -0.2) is 4.79 Å². The second kappa shape index (κ2) is 11.8. The average molecular weight is 531 g/mol. The van der Waals surface area contributed by atoms with E-state index in [0.29, 0.717) is 11.3 Å². The van der Waals surface area contributed by atoms with E-state index in [9.17, 15) is 19.5 Å². The average Bonchev–Trinajstić information content (AvgIpc) is 2.89. The molecule has 0 heterocycles. The largest absolute Gasteiger partial charge is 0.478 e. The van der Waals surface area contributed by atoms with Crippen LogP contribution in [0, 0.1) is 6.92 Å². The molecule has 186 valence electrons. The molecular weight excluding hydrogens is 508 g/mol. The van der Waals surface area contributed by atoms with Crippen molar-refractivity contribution in [1.29, 1.82) is 0 Å². The van der Waals surface area contributed by atoms with Gasteiger partial charge in [-0.3, -0.25) is 9.59 Å². The molecule has 0 aliphatic heterocycles. The third-order valence-corrected chi connectivity index (χ3v) is 7.12. The predicted molar refractivity (Wildman–Crippen MR) is 148 cm³/mol. The van der Waals surface area contributed by atoms with Crippen molar-refractivity contribution >= 4 is 52.5 Å². The van der Waals surface area contributed by atoms with Crippen LogP contribution in [0.25, 0.3) is 0 Å². The maximum absolute atomic E-state index is 13.4. The van der Waals surface area contributed by atoms with Crippen molar-refractivity contribution in [3.05, 3.63) is 124 Å². The van der Waals surface area contributed by atoms with Gasteiger partial charge in [0, 0.05) is 16.1 Å². The topological polar surface area (TPSA) is 95.5 Å². The number of anilines is 2. The van der Waals surface area contributed by atoms with Gasteiger partial charge < -0.3 is 15.7 Å². The molecule has 2 amide bonds. The van der Waals surface area contributed by atoms with Gasteiger partial charge in [0.25, 0.3) is 5.91 Å². The number of carboxylic acid groups (broad SMARTS) is 1. The van der Waals surface area contributed by atoms with Crippen LogP contribution in [0.3, 0.4) is 0 Å². The highest BCUT2D eigenvalue weighted by atomic mass is 35.5. The molecule has 0 saturated carbocycles. The lowest BCUT2D eigenvalue weighted by molar-refractivity contribution is -0.115. The third-order valence-electron chi connectivity index (χ3n) is 5.55. The van der Waals surface area contributed by atoms with E-state index >= 15 is 0 Å². The maximum Gasteiger partial charge on any atom is 0.335 e. The molecule has 4 aromatic carbocycles. The SMILES string of the molecule is Cc1ccccc1C(=O)Nc1cccc(SC(C(=O)Nc2cc(C(=O)O)ccc2Cl)c2ccccc2)c1. The summed E-state index contributed by atoms with van der Waals surface area (Å²) in [5, 5.41) is 14.6. The molecule has 1 atom stereocenters. The minimum atomic E-state index is -1.12. The van der Waals surface area contributed by atoms with Crippen LogP contribution in [-0.2, 0) is 4.79 Å². The number of amides is 2. The highest BCUT2D eigenvalue weighted by Gasteiger charge is 2.23. The molecule has 0 bridgehead atoms. The monoisotopic (exact) mass is 530 g/mol. The van der Waals surface area contributed by atoms with E-state index in [-0.39, 0.29) is 28.1 Å². The molecule has 0 aromatic heterocycles. The minimum absolute atomic E-state index is 0.0145. The van der Waals surface area contributed by atoms with E-state index in [4.69, 9.17) is 11.6 Å². The number of aromatic carboxylic acids is 1. The van der Waals surface area contributed by atoms with Gasteiger partial charge in [0.1, 0.15) is 5.25 Å². The number of rotatable bonds is 8. The lowest BCUT2D eigenvalue weighted by Crippen LogP contribution is -2.19. The summed E-state index contributed by atoms with van der Waals surface area (Å²) in [6, 6.07) is 28.0. The van der Waals surface area contributed by atoms with Gasteiger partial charge in [0.15, 0.2) is 0 Å². The number of carbonyl (C=O) groups excluding carboxylic acids is 2. The van der Waals surface area contributed by atoms with Crippen LogP contribution < -0.4 is 10.6 Å². The molecule has 0 aliphatic rings. The molecule has 0 saturated heterocycles. The molecule has 0 spiro atoms. The van der Waals surface area contributed by atoms with E-state index in [0.717, 1.165) is 16.0 Å². The molecular formula is C29H23ClN2O4S. The highest BCUT2D eigenvalue weighted by molar-refractivity contribution is 8.00. The van der Waals surface area contributed by atoms with Gasteiger partial charge >= 0.3 is 5.97 Å². The van der Waals surface area contributed by atoms with E-state index in [1.807, 2.05) is 73.7 Å². The number of hydrogen-bond acceptors (Lipinski definition) is 4. The zero-order chi connectivity index (χ0) is 26.4.